The number of hydrogen-bond acceptors (Lipinski definition) is 3. The van der Waals surface area contributed by atoms with Crippen LogP contribution in [0.2, 0.25) is 0 Å². The van der Waals surface area contributed by atoms with E-state index in [0.717, 1.165) is 25.1 Å². The number of nitrogens with two attached hydrogens (primary N) is 1. The maximum atomic E-state index is 13.2. The number of ether oxygens (including phenoxy) is 1. The molecule has 1 aliphatic heterocycles. The number of hydrogen-bond donors (Lipinski definition) is 1. The van der Waals surface area contributed by atoms with Crippen LogP contribution in [0.3, 0.4) is 0 Å². The molecule has 2 rings (SSSR count). The maximum Gasteiger partial charge on any atom is 0.123 e. The molecule has 4 heteroatoms. The van der Waals surface area contributed by atoms with E-state index in [-0.39, 0.29) is 23.4 Å². The number of morpholine rings is 1. The highest BCUT2D eigenvalue weighted by molar-refractivity contribution is 5.22. The lowest BCUT2D eigenvalue weighted by molar-refractivity contribution is -0.0777. The van der Waals surface area contributed by atoms with Gasteiger partial charge in [0, 0.05) is 18.1 Å². The zero-order valence-corrected chi connectivity index (χ0v) is 12.6. The van der Waals surface area contributed by atoms with Crippen molar-refractivity contribution in [2.75, 3.05) is 19.8 Å². The van der Waals surface area contributed by atoms with Crippen molar-refractivity contribution in [3.63, 3.8) is 0 Å². The standard InChI is InChI=1S/C16H25FN2O/c1-4-14(18)15(12-5-7-13(17)8-6-12)19-9-10-20-11-16(19,2)3/h5-8,14-15H,4,9-11,18H2,1-3H3. The van der Waals surface area contributed by atoms with Crippen molar-refractivity contribution in [2.45, 2.75) is 44.8 Å². The second-order valence-electron chi connectivity index (χ2n) is 6.13. The molecule has 3 nitrogen and oxygen atoms in total. The summed E-state index contributed by atoms with van der Waals surface area (Å²) in [7, 11) is 0. The lowest BCUT2D eigenvalue weighted by atomic mass is 9.90. The van der Waals surface area contributed by atoms with Crippen LogP contribution in [0.25, 0.3) is 0 Å². The molecule has 0 radical (unpaired) electrons. The largest absolute Gasteiger partial charge is 0.378 e. The normalized spacial score (nSPS) is 22.4. The van der Waals surface area contributed by atoms with Crippen LogP contribution in [0.1, 0.15) is 38.8 Å². The van der Waals surface area contributed by atoms with E-state index in [1.807, 2.05) is 12.1 Å². The van der Waals surface area contributed by atoms with Crippen molar-refractivity contribution < 1.29 is 9.13 Å². The maximum absolute atomic E-state index is 13.2. The molecular weight excluding hydrogens is 255 g/mol. The van der Waals surface area contributed by atoms with Gasteiger partial charge in [0.1, 0.15) is 5.82 Å². The fourth-order valence-corrected chi connectivity index (χ4v) is 2.93. The minimum atomic E-state index is -0.209. The molecule has 0 spiro atoms. The molecule has 1 heterocycles. The smallest absolute Gasteiger partial charge is 0.123 e. The first-order chi connectivity index (χ1) is 9.45. The molecule has 0 aliphatic carbocycles. The molecule has 2 unspecified atom stereocenters. The summed E-state index contributed by atoms with van der Waals surface area (Å²) in [6.07, 6.45) is 0.884. The predicted molar refractivity (Wildman–Crippen MR) is 79.0 cm³/mol. The van der Waals surface area contributed by atoms with Crippen molar-refractivity contribution in [3.05, 3.63) is 35.6 Å². The topological polar surface area (TPSA) is 38.5 Å². The third kappa shape index (κ3) is 3.19. The zero-order valence-electron chi connectivity index (χ0n) is 12.6. The summed E-state index contributed by atoms with van der Waals surface area (Å²) in [4.78, 5) is 2.40. The van der Waals surface area contributed by atoms with Gasteiger partial charge in [0.2, 0.25) is 0 Å². The van der Waals surface area contributed by atoms with Crippen molar-refractivity contribution in [1.29, 1.82) is 0 Å². The van der Waals surface area contributed by atoms with Gasteiger partial charge in [0.05, 0.1) is 19.3 Å². The minimum absolute atomic E-state index is 0.0258. The average Bonchev–Trinajstić information content (AvgIpc) is 2.42. The van der Waals surface area contributed by atoms with Crippen molar-refractivity contribution in [2.24, 2.45) is 5.73 Å². The molecule has 1 fully saturated rings. The van der Waals surface area contributed by atoms with Gasteiger partial charge in [-0.15, -0.1) is 0 Å². The molecule has 112 valence electrons. The second kappa shape index (κ2) is 6.20. The van der Waals surface area contributed by atoms with E-state index in [9.17, 15) is 4.39 Å². The van der Waals surface area contributed by atoms with Crippen molar-refractivity contribution >= 4 is 0 Å². The molecule has 0 bridgehead atoms. The SMILES string of the molecule is CCC(N)C(c1ccc(F)cc1)N1CCOCC1(C)C. The van der Waals surface area contributed by atoms with Crippen molar-refractivity contribution in [3.8, 4) is 0 Å². The Labute approximate surface area is 120 Å². The van der Waals surface area contributed by atoms with Crippen LogP contribution >= 0.6 is 0 Å². The third-order valence-electron chi connectivity index (χ3n) is 4.13. The molecule has 1 aliphatic rings. The van der Waals surface area contributed by atoms with Gasteiger partial charge in [-0.2, -0.15) is 0 Å². The van der Waals surface area contributed by atoms with Gasteiger partial charge in [-0.25, -0.2) is 4.39 Å². The highest BCUT2D eigenvalue weighted by atomic mass is 19.1. The fourth-order valence-electron chi connectivity index (χ4n) is 2.93. The van der Waals surface area contributed by atoms with Gasteiger partial charge in [0.25, 0.3) is 0 Å². The van der Waals surface area contributed by atoms with Crippen LogP contribution < -0.4 is 5.73 Å². The van der Waals surface area contributed by atoms with E-state index in [1.165, 1.54) is 12.1 Å². The molecule has 0 aromatic heterocycles. The summed E-state index contributed by atoms with van der Waals surface area (Å²) >= 11 is 0. The van der Waals surface area contributed by atoms with Gasteiger partial charge in [-0.1, -0.05) is 19.1 Å². The second-order valence-corrected chi connectivity index (χ2v) is 6.13. The molecule has 0 amide bonds. The van der Waals surface area contributed by atoms with Crippen LogP contribution in [0.5, 0.6) is 0 Å². The zero-order chi connectivity index (χ0) is 14.8. The molecule has 20 heavy (non-hydrogen) atoms. The number of nitrogens with zero attached hydrogens (tertiary/aromatic N) is 1. The molecular formula is C16H25FN2O. The van der Waals surface area contributed by atoms with E-state index < -0.39 is 0 Å². The quantitative estimate of drug-likeness (QED) is 0.921. The van der Waals surface area contributed by atoms with Gasteiger partial charge in [-0.05, 0) is 38.0 Å². The molecule has 1 aromatic rings. The molecule has 1 saturated heterocycles. The average molecular weight is 280 g/mol. The van der Waals surface area contributed by atoms with E-state index in [2.05, 4.69) is 25.7 Å². The Morgan fingerprint density at radius 1 is 1.35 bits per heavy atom. The summed E-state index contributed by atoms with van der Waals surface area (Å²) in [6.45, 7) is 8.70. The lowest BCUT2D eigenvalue weighted by Crippen LogP contribution is -2.57. The monoisotopic (exact) mass is 280 g/mol. The Bertz CT molecular complexity index is 433. The lowest BCUT2D eigenvalue weighted by Gasteiger charge is -2.48. The molecule has 2 N–H and O–H groups in total. The van der Waals surface area contributed by atoms with Crippen LogP contribution in [-0.4, -0.2) is 36.2 Å². The highest BCUT2D eigenvalue weighted by Gasteiger charge is 2.38. The number of halogens is 1. The van der Waals surface area contributed by atoms with Gasteiger partial charge >= 0.3 is 0 Å². The fraction of sp³-hybridized carbons (Fsp3) is 0.625. The summed E-state index contributed by atoms with van der Waals surface area (Å²) in [5, 5.41) is 0. The summed E-state index contributed by atoms with van der Waals surface area (Å²) in [5.74, 6) is -0.209. The van der Waals surface area contributed by atoms with Crippen LogP contribution in [-0.2, 0) is 4.74 Å². The Morgan fingerprint density at radius 3 is 2.55 bits per heavy atom. The highest BCUT2D eigenvalue weighted by Crippen LogP contribution is 2.33. The first-order valence-electron chi connectivity index (χ1n) is 7.31. The first kappa shape index (κ1) is 15.4. The summed E-state index contributed by atoms with van der Waals surface area (Å²) < 4.78 is 18.8. The van der Waals surface area contributed by atoms with E-state index in [0.29, 0.717) is 6.61 Å². The molecule has 1 aromatic carbocycles. The van der Waals surface area contributed by atoms with Crippen molar-refractivity contribution in [1.82, 2.24) is 4.90 Å². The van der Waals surface area contributed by atoms with E-state index in [4.69, 9.17) is 10.5 Å². The minimum Gasteiger partial charge on any atom is -0.378 e. The molecule has 2 atom stereocenters. The Kier molecular flexibility index (Phi) is 4.78. The Balaban J connectivity index is 2.34. The first-order valence-corrected chi connectivity index (χ1v) is 7.31. The Hall–Kier alpha value is -0.970. The van der Waals surface area contributed by atoms with Crippen LogP contribution in [0.15, 0.2) is 24.3 Å². The van der Waals surface area contributed by atoms with E-state index >= 15 is 0 Å². The van der Waals surface area contributed by atoms with Crippen LogP contribution in [0.4, 0.5) is 4.39 Å². The third-order valence-corrected chi connectivity index (χ3v) is 4.13. The molecule has 0 saturated carbocycles. The van der Waals surface area contributed by atoms with Gasteiger partial charge in [0.15, 0.2) is 0 Å². The van der Waals surface area contributed by atoms with Gasteiger partial charge in [-0.3, -0.25) is 4.90 Å². The number of benzene rings is 1. The van der Waals surface area contributed by atoms with E-state index in [1.54, 1.807) is 0 Å². The predicted octanol–water partition coefficient (Wildman–Crippen LogP) is 2.71. The van der Waals surface area contributed by atoms with Gasteiger partial charge < -0.3 is 10.5 Å². The summed E-state index contributed by atoms with van der Waals surface area (Å²) in [5.41, 5.74) is 7.38. The summed E-state index contributed by atoms with van der Waals surface area (Å²) in [6, 6.07) is 6.84. The Morgan fingerprint density at radius 2 is 2.00 bits per heavy atom. The number of rotatable bonds is 4. The van der Waals surface area contributed by atoms with Crippen LogP contribution in [0, 0.1) is 5.82 Å².